The van der Waals surface area contributed by atoms with Gasteiger partial charge in [0.25, 0.3) is 0 Å². The van der Waals surface area contributed by atoms with E-state index in [9.17, 15) is 9.90 Å². The average Bonchev–Trinajstić information content (AvgIpc) is 2.90. The molecule has 4 heteroatoms. The second kappa shape index (κ2) is 5.65. The van der Waals surface area contributed by atoms with Crippen LogP contribution in [0.15, 0.2) is 11.6 Å². The summed E-state index contributed by atoms with van der Waals surface area (Å²) in [5, 5.41) is 9.17. The predicted molar refractivity (Wildman–Crippen MR) is 64.6 cm³/mol. The number of esters is 1. The Balaban J connectivity index is 2.69. The zero-order valence-corrected chi connectivity index (χ0v) is 11.0. The van der Waals surface area contributed by atoms with E-state index in [0.717, 1.165) is 12.8 Å². The molecule has 0 aromatic carbocycles. The quantitative estimate of drug-likeness (QED) is 0.438. The molecule has 0 radical (unpaired) electrons. The fourth-order valence-corrected chi connectivity index (χ4v) is 1.93. The van der Waals surface area contributed by atoms with E-state index < -0.39 is 11.7 Å². The monoisotopic (exact) mass is 242 g/mol. The number of epoxide rings is 1. The molecule has 0 amide bonds. The highest BCUT2D eigenvalue weighted by atomic mass is 16.7. The molecule has 0 aromatic heterocycles. The SMILES string of the molecule is CCC/C(C)=C/C(OC(C)=O)[C@H]1O[C@]1(C)CO. The van der Waals surface area contributed by atoms with Gasteiger partial charge < -0.3 is 14.6 Å². The molecular formula is C13H22O4. The van der Waals surface area contributed by atoms with Gasteiger partial charge in [-0.3, -0.25) is 4.79 Å². The van der Waals surface area contributed by atoms with Crippen molar-refractivity contribution in [1.29, 1.82) is 0 Å². The fourth-order valence-electron chi connectivity index (χ4n) is 1.93. The van der Waals surface area contributed by atoms with E-state index >= 15 is 0 Å². The van der Waals surface area contributed by atoms with Crippen molar-refractivity contribution in [3.63, 3.8) is 0 Å². The van der Waals surface area contributed by atoms with E-state index in [2.05, 4.69) is 6.92 Å². The maximum absolute atomic E-state index is 11.1. The molecule has 0 saturated carbocycles. The molecule has 1 heterocycles. The average molecular weight is 242 g/mol. The summed E-state index contributed by atoms with van der Waals surface area (Å²) < 4.78 is 10.7. The van der Waals surface area contributed by atoms with Crippen LogP contribution in [0, 0.1) is 0 Å². The third-order valence-corrected chi connectivity index (χ3v) is 2.95. The first-order valence-electron chi connectivity index (χ1n) is 6.06. The minimum Gasteiger partial charge on any atom is -0.455 e. The number of aliphatic hydroxyl groups is 1. The van der Waals surface area contributed by atoms with Gasteiger partial charge in [0.2, 0.25) is 0 Å². The lowest BCUT2D eigenvalue weighted by molar-refractivity contribution is -0.145. The van der Waals surface area contributed by atoms with Gasteiger partial charge in [-0.05, 0) is 26.3 Å². The zero-order chi connectivity index (χ0) is 13.1. The molecule has 1 fully saturated rings. The van der Waals surface area contributed by atoms with Gasteiger partial charge in [0.05, 0.1) is 6.61 Å². The Bertz CT molecular complexity index is 311. The summed E-state index contributed by atoms with van der Waals surface area (Å²) in [5.74, 6) is -0.327. The molecule has 3 atom stereocenters. The molecule has 0 aromatic rings. The highest BCUT2D eigenvalue weighted by Gasteiger charge is 2.56. The molecule has 1 aliphatic heterocycles. The van der Waals surface area contributed by atoms with Crippen LogP contribution in [-0.4, -0.2) is 35.5 Å². The summed E-state index contributed by atoms with van der Waals surface area (Å²) in [4.78, 5) is 11.1. The van der Waals surface area contributed by atoms with Gasteiger partial charge in [-0.25, -0.2) is 0 Å². The Kier molecular flexibility index (Phi) is 4.71. The number of rotatable bonds is 6. The summed E-state index contributed by atoms with van der Waals surface area (Å²) >= 11 is 0. The van der Waals surface area contributed by atoms with Crippen LogP contribution in [0.2, 0.25) is 0 Å². The largest absolute Gasteiger partial charge is 0.455 e. The van der Waals surface area contributed by atoms with E-state index in [4.69, 9.17) is 9.47 Å². The van der Waals surface area contributed by atoms with Crippen molar-refractivity contribution < 1.29 is 19.4 Å². The molecule has 1 N–H and O–H groups in total. The van der Waals surface area contributed by atoms with E-state index in [0.29, 0.717) is 0 Å². The third-order valence-electron chi connectivity index (χ3n) is 2.95. The van der Waals surface area contributed by atoms with Crippen LogP contribution >= 0.6 is 0 Å². The van der Waals surface area contributed by atoms with Crippen molar-refractivity contribution in [2.75, 3.05) is 6.61 Å². The maximum atomic E-state index is 11.1. The number of hydrogen-bond donors (Lipinski definition) is 1. The number of allylic oxidation sites excluding steroid dienone is 1. The zero-order valence-electron chi connectivity index (χ0n) is 11.0. The van der Waals surface area contributed by atoms with Crippen molar-refractivity contribution in [3.8, 4) is 0 Å². The van der Waals surface area contributed by atoms with Crippen molar-refractivity contribution in [2.45, 2.75) is 58.3 Å². The Labute approximate surface area is 103 Å². The first-order valence-corrected chi connectivity index (χ1v) is 6.06. The Hall–Kier alpha value is -0.870. The molecule has 0 bridgehead atoms. The molecule has 1 rings (SSSR count). The predicted octanol–water partition coefficient (Wildman–Crippen LogP) is 1.81. The van der Waals surface area contributed by atoms with Crippen molar-refractivity contribution in [2.24, 2.45) is 0 Å². The minimum atomic E-state index is -0.566. The van der Waals surface area contributed by atoms with Gasteiger partial charge in [-0.1, -0.05) is 18.9 Å². The molecule has 0 aliphatic carbocycles. The molecule has 17 heavy (non-hydrogen) atoms. The van der Waals surface area contributed by atoms with Crippen LogP contribution in [0.25, 0.3) is 0 Å². The van der Waals surface area contributed by atoms with Crippen molar-refractivity contribution in [3.05, 3.63) is 11.6 Å². The standard InChI is InChI=1S/C13H22O4/c1-5-6-9(2)7-11(16-10(3)15)12-13(4,8-14)17-12/h7,11-12,14H,5-6,8H2,1-4H3/b9-7+/t11?,12-,13-/m1/s1. The van der Waals surface area contributed by atoms with E-state index in [1.54, 1.807) is 0 Å². The summed E-state index contributed by atoms with van der Waals surface area (Å²) in [5.41, 5.74) is 0.609. The number of ether oxygens (including phenoxy) is 2. The van der Waals surface area contributed by atoms with Gasteiger partial charge in [0, 0.05) is 6.92 Å². The second-order valence-electron chi connectivity index (χ2n) is 4.85. The molecule has 1 unspecified atom stereocenters. The summed E-state index contributed by atoms with van der Waals surface area (Å²) in [6.07, 6.45) is 3.33. The summed E-state index contributed by atoms with van der Waals surface area (Å²) in [6, 6.07) is 0. The molecule has 1 saturated heterocycles. The number of aliphatic hydroxyl groups excluding tert-OH is 1. The molecule has 4 nitrogen and oxygen atoms in total. The molecular weight excluding hydrogens is 220 g/mol. The lowest BCUT2D eigenvalue weighted by Gasteiger charge is -2.13. The van der Waals surface area contributed by atoms with Crippen LogP contribution in [0.5, 0.6) is 0 Å². The topological polar surface area (TPSA) is 59.1 Å². The van der Waals surface area contributed by atoms with Crippen molar-refractivity contribution >= 4 is 5.97 Å². The van der Waals surface area contributed by atoms with E-state index in [-0.39, 0.29) is 18.7 Å². The van der Waals surface area contributed by atoms with Gasteiger partial charge >= 0.3 is 5.97 Å². The van der Waals surface area contributed by atoms with Crippen LogP contribution in [0.4, 0.5) is 0 Å². The Morgan fingerprint density at radius 1 is 1.59 bits per heavy atom. The normalized spacial score (nSPS) is 29.9. The van der Waals surface area contributed by atoms with Gasteiger partial charge in [0.1, 0.15) is 17.8 Å². The smallest absolute Gasteiger partial charge is 0.303 e. The fraction of sp³-hybridized carbons (Fsp3) is 0.769. The first-order chi connectivity index (χ1) is 7.92. The first kappa shape index (κ1) is 14.2. The molecule has 0 spiro atoms. The van der Waals surface area contributed by atoms with Crippen LogP contribution in [-0.2, 0) is 14.3 Å². The van der Waals surface area contributed by atoms with Gasteiger partial charge in [-0.15, -0.1) is 0 Å². The van der Waals surface area contributed by atoms with Gasteiger partial charge in [0.15, 0.2) is 0 Å². The number of carbonyl (C=O) groups excluding carboxylic acids is 1. The maximum Gasteiger partial charge on any atom is 0.303 e. The highest BCUT2D eigenvalue weighted by molar-refractivity contribution is 5.66. The minimum absolute atomic E-state index is 0.0594. The highest BCUT2D eigenvalue weighted by Crippen LogP contribution is 2.39. The summed E-state index contributed by atoms with van der Waals surface area (Å²) in [7, 11) is 0. The summed E-state index contributed by atoms with van der Waals surface area (Å²) in [6.45, 7) is 7.25. The number of hydrogen-bond acceptors (Lipinski definition) is 4. The van der Waals surface area contributed by atoms with Gasteiger partial charge in [-0.2, -0.15) is 0 Å². The second-order valence-corrected chi connectivity index (χ2v) is 4.85. The molecule has 1 aliphatic rings. The van der Waals surface area contributed by atoms with Crippen LogP contribution in [0.3, 0.4) is 0 Å². The van der Waals surface area contributed by atoms with Crippen molar-refractivity contribution in [1.82, 2.24) is 0 Å². The lowest BCUT2D eigenvalue weighted by Crippen LogP contribution is -2.28. The molecule has 98 valence electrons. The Morgan fingerprint density at radius 2 is 2.24 bits per heavy atom. The third kappa shape index (κ3) is 3.82. The van der Waals surface area contributed by atoms with E-state index in [1.165, 1.54) is 12.5 Å². The van der Waals surface area contributed by atoms with Crippen LogP contribution in [0.1, 0.15) is 40.5 Å². The number of carbonyl (C=O) groups is 1. The Morgan fingerprint density at radius 3 is 2.65 bits per heavy atom. The van der Waals surface area contributed by atoms with Crippen LogP contribution < -0.4 is 0 Å². The van der Waals surface area contributed by atoms with E-state index in [1.807, 2.05) is 19.9 Å². The lowest BCUT2D eigenvalue weighted by atomic mass is 10.0.